The molecule has 1 aromatic rings. The molecular formula is C14H22ClN3O. The summed E-state index contributed by atoms with van der Waals surface area (Å²) in [5.74, 6) is 0.549. The summed E-state index contributed by atoms with van der Waals surface area (Å²) < 4.78 is 5.69. The maximum atomic E-state index is 6.20. The van der Waals surface area contributed by atoms with E-state index in [4.69, 9.17) is 16.3 Å². The van der Waals surface area contributed by atoms with E-state index in [1.807, 2.05) is 12.3 Å². The van der Waals surface area contributed by atoms with Gasteiger partial charge in [-0.1, -0.05) is 11.6 Å². The molecule has 5 heteroatoms. The van der Waals surface area contributed by atoms with E-state index < -0.39 is 0 Å². The van der Waals surface area contributed by atoms with E-state index in [1.54, 1.807) is 6.20 Å². The fourth-order valence-electron chi connectivity index (χ4n) is 2.49. The lowest BCUT2D eigenvalue weighted by molar-refractivity contribution is 0.112. The number of ether oxygens (including phenoxy) is 1. The number of nitrogens with zero attached hydrogens (tertiary/aromatic N) is 3. The summed E-state index contributed by atoms with van der Waals surface area (Å²) in [5.41, 5.74) is 1.09. The lowest BCUT2D eigenvalue weighted by atomic mass is 10.1. The molecule has 1 aliphatic heterocycles. The molecule has 1 aliphatic rings. The summed E-state index contributed by atoms with van der Waals surface area (Å²) in [6.45, 7) is 5.53. The van der Waals surface area contributed by atoms with Gasteiger partial charge in [0.05, 0.1) is 13.2 Å². The van der Waals surface area contributed by atoms with E-state index in [9.17, 15) is 0 Å². The van der Waals surface area contributed by atoms with Crippen LogP contribution in [0.25, 0.3) is 0 Å². The minimum atomic E-state index is 0.549. The monoisotopic (exact) mass is 283 g/mol. The van der Waals surface area contributed by atoms with E-state index in [-0.39, 0.29) is 0 Å². The van der Waals surface area contributed by atoms with Crippen LogP contribution in [0.1, 0.15) is 5.56 Å². The van der Waals surface area contributed by atoms with Crippen LogP contribution in [0.2, 0.25) is 5.02 Å². The Bertz CT molecular complexity index is 400. The first kappa shape index (κ1) is 14.7. The Kier molecular flexibility index (Phi) is 5.58. The Morgan fingerprint density at radius 2 is 2.37 bits per heavy atom. The molecule has 0 amide bonds. The van der Waals surface area contributed by atoms with Crippen molar-refractivity contribution in [1.29, 1.82) is 0 Å². The van der Waals surface area contributed by atoms with Crippen molar-refractivity contribution >= 4 is 11.6 Å². The highest BCUT2D eigenvalue weighted by Gasteiger charge is 2.19. The molecule has 0 bridgehead atoms. The Labute approximate surface area is 120 Å². The molecule has 2 rings (SSSR count). The number of hydrogen-bond donors (Lipinski definition) is 0. The van der Waals surface area contributed by atoms with Crippen molar-refractivity contribution in [3.8, 4) is 0 Å². The van der Waals surface area contributed by atoms with Gasteiger partial charge in [-0.25, -0.2) is 0 Å². The maximum absolute atomic E-state index is 6.20. The second-order valence-corrected chi connectivity index (χ2v) is 5.81. The van der Waals surface area contributed by atoms with Crippen LogP contribution in [0.5, 0.6) is 0 Å². The van der Waals surface area contributed by atoms with Crippen molar-refractivity contribution in [2.24, 2.45) is 5.92 Å². The predicted octanol–water partition coefficient (Wildman–Crippen LogP) is 1.74. The molecule has 2 heterocycles. The van der Waals surface area contributed by atoms with Crippen LogP contribution in [0.4, 0.5) is 0 Å². The van der Waals surface area contributed by atoms with Crippen molar-refractivity contribution in [2.75, 3.05) is 46.9 Å². The normalized spacial score (nSPS) is 21.6. The van der Waals surface area contributed by atoms with Gasteiger partial charge in [0.2, 0.25) is 0 Å². The fourth-order valence-corrected chi connectivity index (χ4v) is 2.66. The molecule has 0 aromatic carbocycles. The van der Waals surface area contributed by atoms with E-state index in [0.29, 0.717) is 5.92 Å². The van der Waals surface area contributed by atoms with E-state index in [0.717, 1.165) is 50.0 Å². The first-order valence-electron chi connectivity index (χ1n) is 6.68. The highest BCUT2D eigenvalue weighted by atomic mass is 35.5. The summed E-state index contributed by atoms with van der Waals surface area (Å²) >= 11 is 6.20. The SMILES string of the molecule is CN(C)CC1COCCN(Cc2cnccc2Cl)C1. The second kappa shape index (κ2) is 7.20. The van der Waals surface area contributed by atoms with Crippen LogP contribution < -0.4 is 0 Å². The molecule has 106 valence electrons. The third-order valence-corrected chi connectivity index (χ3v) is 3.65. The maximum Gasteiger partial charge on any atom is 0.0593 e. The Balaban J connectivity index is 1.97. The van der Waals surface area contributed by atoms with Gasteiger partial charge in [-0.15, -0.1) is 0 Å². The quantitative estimate of drug-likeness (QED) is 0.842. The largest absolute Gasteiger partial charge is 0.380 e. The summed E-state index contributed by atoms with van der Waals surface area (Å²) in [7, 11) is 4.21. The van der Waals surface area contributed by atoms with E-state index in [2.05, 4.69) is 28.9 Å². The molecule has 0 N–H and O–H groups in total. The second-order valence-electron chi connectivity index (χ2n) is 5.41. The molecular weight excluding hydrogens is 262 g/mol. The molecule has 19 heavy (non-hydrogen) atoms. The van der Waals surface area contributed by atoms with Crippen LogP contribution in [0, 0.1) is 5.92 Å². The molecule has 0 spiro atoms. The third kappa shape index (κ3) is 4.73. The van der Waals surface area contributed by atoms with Crippen LogP contribution >= 0.6 is 11.6 Å². The Hall–Kier alpha value is -0.680. The smallest absolute Gasteiger partial charge is 0.0593 e. The van der Waals surface area contributed by atoms with Crippen molar-refractivity contribution in [2.45, 2.75) is 6.54 Å². The molecule has 1 atom stereocenters. The van der Waals surface area contributed by atoms with Gasteiger partial charge in [-0.2, -0.15) is 0 Å². The molecule has 4 nitrogen and oxygen atoms in total. The number of halogens is 1. The van der Waals surface area contributed by atoms with Gasteiger partial charge in [0.1, 0.15) is 0 Å². The fraction of sp³-hybridized carbons (Fsp3) is 0.643. The summed E-state index contributed by atoms with van der Waals surface area (Å²) in [6.07, 6.45) is 3.58. The average Bonchev–Trinajstić information content (AvgIpc) is 2.57. The van der Waals surface area contributed by atoms with Gasteiger partial charge < -0.3 is 9.64 Å². The van der Waals surface area contributed by atoms with E-state index in [1.165, 1.54) is 0 Å². The highest BCUT2D eigenvalue weighted by molar-refractivity contribution is 6.31. The van der Waals surface area contributed by atoms with Gasteiger partial charge >= 0.3 is 0 Å². The number of hydrogen-bond acceptors (Lipinski definition) is 4. The first-order valence-corrected chi connectivity index (χ1v) is 7.06. The predicted molar refractivity (Wildman–Crippen MR) is 77.4 cm³/mol. The third-order valence-electron chi connectivity index (χ3n) is 3.28. The lowest BCUT2D eigenvalue weighted by Gasteiger charge is -2.25. The standard InChI is InChI=1S/C14H22ClN3O/c1-17(2)8-12-9-18(5-6-19-11-12)10-13-7-16-4-3-14(13)15/h3-4,7,12H,5-6,8-11H2,1-2H3. The molecule has 1 saturated heterocycles. The molecule has 0 aliphatic carbocycles. The summed E-state index contributed by atoms with van der Waals surface area (Å²) in [5, 5.41) is 0.796. The minimum absolute atomic E-state index is 0.549. The zero-order valence-electron chi connectivity index (χ0n) is 11.7. The van der Waals surface area contributed by atoms with Crippen molar-refractivity contribution in [3.05, 3.63) is 29.0 Å². The van der Waals surface area contributed by atoms with E-state index >= 15 is 0 Å². The van der Waals surface area contributed by atoms with Crippen molar-refractivity contribution < 1.29 is 4.74 Å². The van der Waals surface area contributed by atoms with Crippen LogP contribution in [0.3, 0.4) is 0 Å². The van der Waals surface area contributed by atoms with Gasteiger partial charge in [0.15, 0.2) is 0 Å². The molecule has 1 aromatic heterocycles. The average molecular weight is 284 g/mol. The lowest BCUT2D eigenvalue weighted by Crippen LogP contribution is -2.34. The van der Waals surface area contributed by atoms with Crippen LogP contribution in [-0.4, -0.2) is 61.7 Å². The van der Waals surface area contributed by atoms with Gasteiger partial charge in [0, 0.05) is 55.1 Å². The summed E-state index contributed by atoms with van der Waals surface area (Å²) in [4.78, 5) is 8.77. The topological polar surface area (TPSA) is 28.6 Å². The van der Waals surface area contributed by atoms with Crippen LogP contribution in [0.15, 0.2) is 18.5 Å². The van der Waals surface area contributed by atoms with Crippen molar-refractivity contribution in [1.82, 2.24) is 14.8 Å². The Morgan fingerprint density at radius 1 is 1.53 bits per heavy atom. The Morgan fingerprint density at radius 3 is 3.11 bits per heavy atom. The number of rotatable bonds is 4. The first-order chi connectivity index (χ1) is 9.15. The number of aromatic nitrogens is 1. The van der Waals surface area contributed by atoms with Crippen molar-refractivity contribution in [3.63, 3.8) is 0 Å². The van der Waals surface area contributed by atoms with Gasteiger partial charge in [-0.3, -0.25) is 9.88 Å². The highest BCUT2D eigenvalue weighted by Crippen LogP contribution is 2.17. The zero-order valence-corrected chi connectivity index (χ0v) is 12.4. The zero-order chi connectivity index (χ0) is 13.7. The van der Waals surface area contributed by atoms with Crippen LogP contribution in [-0.2, 0) is 11.3 Å². The molecule has 0 saturated carbocycles. The summed E-state index contributed by atoms with van der Waals surface area (Å²) in [6, 6.07) is 1.85. The molecule has 1 unspecified atom stereocenters. The minimum Gasteiger partial charge on any atom is -0.380 e. The number of pyridine rings is 1. The van der Waals surface area contributed by atoms with Gasteiger partial charge in [0.25, 0.3) is 0 Å². The molecule has 0 radical (unpaired) electrons. The molecule has 1 fully saturated rings. The van der Waals surface area contributed by atoms with Gasteiger partial charge in [-0.05, 0) is 20.2 Å².